The zero-order chi connectivity index (χ0) is 21.1. The molecule has 2 amide bonds. The highest BCUT2D eigenvalue weighted by Gasteiger charge is 2.36. The quantitative estimate of drug-likeness (QED) is 0.676. The van der Waals surface area contributed by atoms with E-state index in [4.69, 9.17) is 9.47 Å². The third kappa shape index (κ3) is 4.57. The Balaban J connectivity index is 1.23. The molecule has 1 atom stereocenters. The molecule has 0 saturated heterocycles. The van der Waals surface area contributed by atoms with Gasteiger partial charge in [0.25, 0.3) is 11.8 Å². The summed E-state index contributed by atoms with van der Waals surface area (Å²) in [6.07, 6.45) is 0.824. The first-order chi connectivity index (χ1) is 14.5. The first-order valence-corrected chi connectivity index (χ1v) is 11.8. The molecule has 9 heteroatoms. The molecule has 0 radical (unpaired) electrons. The van der Waals surface area contributed by atoms with Crippen LogP contribution in [0.4, 0.5) is 0 Å². The fourth-order valence-corrected chi connectivity index (χ4v) is 5.12. The highest BCUT2D eigenvalue weighted by molar-refractivity contribution is 8.17. The van der Waals surface area contributed by atoms with Gasteiger partial charge in [-0.2, -0.15) is 16.8 Å². The molecule has 3 aliphatic rings. The van der Waals surface area contributed by atoms with Crippen molar-refractivity contribution in [2.24, 2.45) is 15.9 Å². The lowest BCUT2D eigenvalue weighted by atomic mass is 10.0. The Morgan fingerprint density at radius 1 is 1.23 bits per heavy atom. The van der Waals surface area contributed by atoms with Crippen molar-refractivity contribution in [1.29, 1.82) is 0 Å². The molecule has 0 spiro atoms. The maximum absolute atomic E-state index is 12.4. The summed E-state index contributed by atoms with van der Waals surface area (Å²) in [4.78, 5) is 34.5. The molecular formula is C21H23N3O4S2. The van der Waals surface area contributed by atoms with Gasteiger partial charge in [-0.15, -0.1) is 0 Å². The molecule has 1 unspecified atom stereocenters. The number of fused-ring (bicyclic) bond motifs is 2. The number of amides is 2. The minimum absolute atomic E-state index is 0.125. The number of nitrogens with zero attached hydrogens (tertiary/aromatic N) is 2. The summed E-state index contributed by atoms with van der Waals surface area (Å²) in [6.45, 7) is 5.68. The van der Waals surface area contributed by atoms with Crippen LogP contribution in [0.25, 0.3) is 0 Å². The second-order valence-electron chi connectivity index (χ2n) is 7.11. The van der Waals surface area contributed by atoms with Gasteiger partial charge in [-0.1, -0.05) is 11.8 Å². The van der Waals surface area contributed by atoms with E-state index in [1.54, 1.807) is 41.7 Å². The number of ether oxygens (including phenoxy) is 2. The average molecular weight is 446 g/mol. The van der Waals surface area contributed by atoms with Crippen LogP contribution in [0.3, 0.4) is 0 Å². The summed E-state index contributed by atoms with van der Waals surface area (Å²) in [5.74, 6) is 2.52. The number of allylic oxidation sites excluding steroid dienone is 1. The largest absolute Gasteiger partial charge is 0.490 e. The van der Waals surface area contributed by atoms with Crippen LogP contribution in [-0.4, -0.2) is 54.0 Å². The SMILES string of the molecule is CC1=C(C)C2C(=O)N=C(CSCCNC(=O)c3ccc4c(c3)OCCCO4)N=C2S1. The number of amidine groups is 1. The molecule has 30 heavy (non-hydrogen) atoms. The number of rotatable bonds is 6. The molecule has 158 valence electrons. The Kier molecular flexibility index (Phi) is 6.48. The molecule has 0 aromatic heterocycles. The van der Waals surface area contributed by atoms with E-state index in [-0.39, 0.29) is 17.7 Å². The number of thioether (sulfide) groups is 2. The molecule has 0 bridgehead atoms. The fraction of sp³-hybridized carbons (Fsp3) is 0.429. The number of carbonyl (C=O) groups excluding carboxylic acids is 2. The van der Waals surface area contributed by atoms with E-state index in [1.807, 2.05) is 13.8 Å². The summed E-state index contributed by atoms with van der Waals surface area (Å²) in [7, 11) is 0. The van der Waals surface area contributed by atoms with Crippen molar-refractivity contribution in [1.82, 2.24) is 5.32 Å². The van der Waals surface area contributed by atoms with Gasteiger partial charge in [-0.05, 0) is 42.5 Å². The van der Waals surface area contributed by atoms with E-state index in [9.17, 15) is 9.59 Å². The predicted molar refractivity (Wildman–Crippen MR) is 121 cm³/mol. The number of hydrogen-bond donors (Lipinski definition) is 1. The monoisotopic (exact) mass is 445 g/mol. The van der Waals surface area contributed by atoms with Crippen molar-refractivity contribution in [2.45, 2.75) is 20.3 Å². The maximum Gasteiger partial charge on any atom is 0.261 e. The van der Waals surface area contributed by atoms with Crippen molar-refractivity contribution in [3.8, 4) is 11.5 Å². The van der Waals surface area contributed by atoms with Crippen molar-refractivity contribution in [3.05, 3.63) is 34.2 Å². The second-order valence-corrected chi connectivity index (χ2v) is 9.45. The number of benzene rings is 1. The maximum atomic E-state index is 12.4. The molecule has 3 aliphatic heterocycles. The van der Waals surface area contributed by atoms with Gasteiger partial charge in [0.1, 0.15) is 11.8 Å². The standard InChI is InChI=1S/C21H23N3O4S2/c1-12-13(2)30-21-18(12)20(26)23-17(24-21)11-29-9-6-22-19(25)14-4-5-15-16(10-14)28-8-3-7-27-15/h4-5,10,18H,3,6-9,11H2,1-2H3,(H,22,25). The van der Waals surface area contributed by atoms with Gasteiger partial charge in [0.05, 0.1) is 24.0 Å². The summed E-state index contributed by atoms with van der Waals surface area (Å²) in [5.41, 5.74) is 1.59. The van der Waals surface area contributed by atoms with E-state index < -0.39 is 0 Å². The Labute approximate surface area is 183 Å². The molecule has 0 saturated carbocycles. The average Bonchev–Trinajstić information content (AvgIpc) is 2.89. The van der Waals surface area contributed by atoms with Gasteiger partial charge in [0, 0.05) is 24.3 Å². The van der Waals surface area contributed by atoms with Crippen molar-refractivity contribution >= 4 is 46.2 Å². The van der Waals surface area contributed by atoms with Crippen LogP contribution >= 0.6 is 23.5 Å². The van der Waals surface area contributed by atoms with E-state index in [2.05, 4.69) is 15.3 Å². The van der Waals surface area contributed by atoms with Crippen LogP contribution in [0, 0.1) is 5.92 Å². The van der Waals surface area contributed by atoms with Crippen LogP contribution in [0.15, 0.2) is 38.7 Å². The first-order valence-electron chi connectivity index (χ1n) is 9.84. The first kappa shape index (κ1) is 21.0. The molecule has 1 N–H and O–H groups in total. The Bertz CT molecular complexity index is 971. The second kappa shape index (κ2) is 9.26. The van der Waals surface area contributed by atoms with E-state index in [0.717, 1.165) is 21.9 Å². The van der Waals surface area contributed by atoms with Crippen LogP contribution in [0.1, 0.15) is 30.6 Å². The van der Waals surface area contributed by atoms with Crippen molar-refractivity contribution in [2.75, 3.05) is 31.3 Å². The van der Waals surface area contributed by atoms with Gasteiger partial charge in [-0.25, -0.2) is 4.99 Å². The lowest BCUT2D eigenvalue weighted by Gasteiger charge is -2.14. The third-order valence-electron chi connectivity index (χ3n) is 4.99. The van der Waals surface area contributed by atoms with Crippen LogP contribution in [-0.2, 0) is 4.79 Å². The lowest BCUT2D eigenvalue weighted by molar-refractivity contribution is -0.118. The lowest BCUT2D eigenvalue weighted by Crippen LogP contribution is -2.27. The zero-order valence-electron chi connectivity index (χ0n) is 16.9. The third-order valence-corrected chi connectivity index (χ3v) is 7.11. The Hall–Kier alpha value is -2.26. The molecular weight excluding hydrogens is 422 g/mol. The van der Waals surface area contributed by atoms with Gasteiger partial charge < -0.3 is 14.8 Å². The van der Waals surface area contributed by atoms with Crippen molar-refractivity contribution in [3.63, 3.8) is 0 Å². The van der Waals surface area contributed by atoms with E-state index >= 15 is 0 Å². The van der Waals surface area contributed by atoms with Gasteiger partial charge in [0.2, 0.25) is 0 Å². The Morgan fingerprint density at radius 2 is 2.03 bits per heavy atom. The molecule has 0 aliphatic carbocycles. The molecule has 1 aromatic rings. The fourth-order valence-electron chi connectivity index (χ4n) is 3.28. The number of nitrogens with one attached hydrogen (secondary N) is 1. The van der Waals surface area contributed by atoms with Gasteiger partial charge in [0.15, 0.2) is 11.5 Å². The highest BCUT2D eigenvalue weighted by Crippen LogP contribution is 2.40. The van der Waals surface area contributed by atoms with Crippen LogP contribution in [0.5, 0.6) is 11.5 Å². The molecule has 3 heterocycles. The van der Waals surface area contributed by atoms with Crippen LogP contribution < -0.4 is 14.8 Å². The van der Waals surface area contributed by atoms with Crippen LogP contribution in [0.2, 0.25) is 0 Å². The Morgan fingerprint density at radius 3 is 2.87 bits per heavy atom. The molecule has 7 nitrogen and oxygen atoms in total. The van der Waals surface area contributed by atoms with E-state index in [1.165, 1.54) is 0 Å². The van der Waals surface area contributed by atoms with Crippen molar-refractivity contribution < 1.29 is 19.1 Å². The summed E-state index contributed by atoms with van der Waals surface area (Å²) < 4.78 is 11.2. The molecule has 4 rings (SSSR count). The molecule has 0 fully saturated rings. The summed E-state index contributed by atoms with van der Waals surface area (Å²) in [6, 6.07) is 5.23. The van der Waals surface area contributed by atoms with E-state index in [0.29, 0.717) is 54.2 Å². The normalized spacial score (nSPS) is 20.3. The van der Waals surface area contributed by atoms with Gasteiger partial charge in [-0.3, -0.25) is 9.59 Å². The number of aliphatic imine (C=N–C) groups is 2. The minimum atomic E-state index is -0.279. The predicted octanol–water partition coefficient (Wildman–Crippen LogP) is 3.31. The van der Waals surface area contributed by atoms with Gasteiger partial charge >= 0.3 is 0 Å². The number of hydrogen-bond acceptors (Lipinski definition) is 7. The highest BCUT2D eigenvalue weighted by atomic mass is 32.2. The summed E-state index contributed by atoms with van der Waals surface area (Å²) >= 11 is 3.15. The topological polar surface area (TPSA) is 89.4 Å². The molecule has 1 aromatic carbocycles. The smallest absolute Gasteiger partial charge is 0.261 e. The summed E-state index contributed by atoms with van der Waals surface area (Å²) in [5, 5.41) is 3.74. The number of carbonyl (C=O) groups is 2. The zero-order valence-corrected chi connectivity index (χ0v) is 18.5. The minimum Gasteiger partial charge on any atom is -0.490 e.